The summed E-state index contributed by atoms with van der Waals surface area (Å²) in [6.07, 6.45) is 2.25. The maximum absolute atomic E-state index is 6.00. The number of rotatable bonds is 7. The Bertz CT molecular complexity index is 270. The van der Waals surface area contributed by atoms with Crippen LogP contribution in [-0.2, 0) is 6.54 Å². The summed E-state index contributed by atoms with van der Waals surface area (Å²) in [5, 5.41) is 2.14. The number of hydrogen-bond donors (Lipinski definition) is 1. The van der Waals surface area contributed by atoms with E-state index in [0.29, 0.717) is 0 Å². The van der Waals surface area contributed by atoms with E-state index < -0.39 is 0 Å². The quantitative estimate of drug-likeness (QED) is 0.793. The van der Waals surface area contributed by atoms with Crippen LogP contribution >= 0.6 is 11.3 Å². The minimum atomic E-state index is 0.179. The van der Waals surface area contributed by atoms with Gasteiger partial charge in [0.15, 0.2) is 0 Å². The maximum atomic E-state index is 6.00. The molecule has 1 rings (SSSR count). The Kier molecular flexibility index (Phi) is 5.46. The van der Waals surface area contributed by atoms with E-state index in [-0.39, 0.29) is 5.54 Å². The van der Waals surface area contributed by atoms with Gasteiger partial charge in [0.2, 0.25) is 0 Å². The predicted octanol–water partition coefficient (Wildman–Crippen LogP) is 3.09. The molecule has 1 aromatic heterocycles. The van der Waals surface area contributed by atoms with Crippen LogP contribution in [0.3, 0.4) is 0 Å². The molecule has 92 valence electrons. The van der Waals surface area contributed by atoms with Gasteiger partial charge in [-0.15, -0.1) is 11.3 Å². The van der Waals surface area contributed by atoms with Crippen molar-refractivity contribution < 1.29 is 0 Å². The van der Waals surface area contributed by atoms with Gasteiger partial charge in [-0.2, -0.15) is 0 Å². The smallest absolute Gasteiger partial charge is 0.0333 e. The molecule has 2 N–H and O–H groups in total. The molecule has 1 heterocycles. The number of nitrogens with zero attached hydrogens (tertiary/aromatic N) is 1. The van der Waals surface area contributed by atoms with Crippen LogP contribution < -0.4 is 5.73 Å². The molecule has 0 saturated carbocycles. The molecular weight excluding hydrogens is 216 g/mol. The maximum Gasteiger partial charge on any atom is 0.0333 e. The normalized spacial score (nSPS) is 12.3. The summed E-state index contributed by atoms with van der Waals surface area (Å²) in [6, 6.07) is 4.33. The second kappa shape index (κ2) is 6.38. The van der Waals surface area contributed by atoms with Crippen LogP contribution in [0, 0.1) is 0 Å². The van der Waals surface area contributed by atoms with Crippen LogP contribution in [-0.4, -0.2) is 23.5 Å². The van der Waals surface area contributed by atoms with Crippen LogP contribution in [0.4, 0.5) is 0 Å². The lowest BCUT2D eigenvalue weighted by molar-refractivity contribution is 0.0839. The summed E-state index contributed by atoms with van der Waals surface area (Å²) in [5.74, 6) is 0. The molecule has 1 aromatic rings. The molecular formula is C13H24N2S. The predicted molar refractivity (Wildman–Crippen MR) is 72.8 cm³/mol. The van der Waals surface area contributed by atoms with Gasteiger partial charge in [-0.05, 0) is 30.8 Å². The highest BCUT2D eigenvalue weighted by atomic mass is 32.1. The summed E-state index contributed by atoms with van der Waals surface area (Å²) in [7, 11) is 0. The fourth-order valence-corrected chi connectivity index (χ4v) is 3.04. The Balaban J connectivity index is 2.78. The summed E-state index contributed by atoms with van der Waals surface area (Å²) in [6.45, 7) is 9.56. The topological polar surface area (TPSA) is 29.3 Å². The molecule has 0 saturated heterocycles. The van der Waals surface area contributed by atoms with Crippen LogP contribution in [0.1, 0.15) is 38.5 Å². The first-order valence-electron chi connectivity index (χ1n) is 6.20. The average Bonchev–Trinajstić information content (AvgIpc) is 2.83. The Hall–Kier alpha value is -0.380. The standard InChI is InChI=1S/C13H24N2S/c1-4-13(5-2,11-14)15(6-3)10-12-8-7-9-16-12/h7-9H,4-6,10-11,14H2,1-3H3. The third kappa shape index (κ3) is 2.84. The lowest BCUT2D eigenvalue weighted by Gasteiger charge is -2.42. The van der Waals surface area contributed by atoms with Crippen molar-refractivity contribution in [2.24, 2.45) is 5.73 Å². The summed E-state index contributed by atoms with van der Waals surface area (Å²) in [4.78, 5) is 3.96. The van der Waals surface area contributed by atoms with Crippen LogP contribution in [0.25, 0.3) is 0 Å². The Morgan fingerprint density at radius 2 is 2.00 bits per heavy atom. The fraction of sp³-hybridized carbons (Fsp3) is 0.692. The molecule has 0 aromatic carbocycles. The van der Waals surface area contributed by atoms with Gasteiger partial charge < -0.3 is 5.73 Å². The van der Waals surface area contributed by atoms with Crippen molar-refractivity contribution >= 4 is 11.3 Å². The van der Waals surface area contributed by atoms with E-state index in [9.17, 15) is 0 Å². The molecule has 0 unspecified atom stereocenters. The largest absolute Gasteiger partial charge is 0.329 e. The van der Waals surface area contributed by atoms with Crippen molar-refractivity contribution in [2.45, 2.75) is 45.7 Å². The lowest BCUT2D eigenvalue weighted by Crippen LogP contribution is -2.52. The molecule has 0 spiro atoms. The molecule has 0 aliphatic carbocycles. The van der Waals surface area contributed by atoms with Crippen molar-refractivity contribution in [2.75, 3.05) is 13.1 Å². The summed E-state index contributed by atoms with van der Waals surface area (Å²) >= 11 is 1.83. The van der Waals surface area contributed by atoms with Crippen molar-refractivity contribution in [1.29, 1.82) is 0 Å². The zero-order valence-corrected chi connectivity index (χ0v) is 11.5. The van der Waals surface area contributed by atoms with Gasteiger partial charge in [0.1, 0.15) is 0 Å². The Morgan fingerprint density at radius 1 is 1.31 bits per heavy atom. The van der Waals surface area contributed by atoms with E-state index in [1.54, 1.807) is 0 Å². The molecule has 0 fully saturated rings. The highest BCUT2D eigenvalue weighted by Crippen LogP contribution is 2.25. The molecule has 3 heteroatoms. The van der Waals surface area contributed by atoms with Crippen LogP contribution in [0.5, 0.6) is 0 Å². The Morgan fingerprint density at radius 3 is 2.38 bits per heavy atom. The molecule has 0 radical (unpaired) electrons. The first-order chi connectivity index (χ1) is 7.72. The van der Waals surface area contributed by atoms with Gasteiger partial charge in [-0.1, -0.05) is 26.8 Å². The highest BCUT2D eigenvalue weighted by Gasteiger charge is 2.30. The third-order valence-corrected chi connectivity index (χ3v) is 4.54. The molecule has 0 amide bonds. The van der Waals surface area contributed by atoms with Gasteiger partial charge in [0.05, 0.1) is 0 Å². The zero-order chi connectivity index (χ0) is 12.0. The average molecular weight is 240 g/mol. The van der Waals surface area contributed by atoms with Gasteiger partial charge >= 0.3 is 0 Å². The second-order valence-corrected chi connectivity index (χ2v) is 5.26. The van der Waals surface area contributed by atoms with Crippen molar-refractivity contribution in [3.63, 3.8) is 0 Å². The van der Waals surface area contributed by atoms with Crippen LogP contribution in [0.2, 0.25) is 0 Å². The van der Waals surface area contributed by atoms with E-state index >= 15 is 0 Å². The first kappa shape index (κ1) is 13.7. The van der Waals surface area contributed by atoms with Crippen molar-refractivity contribution in [3.05, 3.63) is 22.4 Å². The number of likely N-dealkylation sites (N-methyl/N-ethyl adjacent to an activating group) is 1. The van der Waals surface area contributed by atoms with Gasteiger partial charge in [-0.25, -0.2) is 0 Å². The molecule has 0 bridgehead atoms. The lowest BCUT2D eigenvalue weighted by atomic mass is 9.90. The van der Waals surface area contributed by atoms with Gasteiger partial charge in [0.25, 0.3) is 0 Å². The monoisotopic (exact) mass is 240 g/mol. The van der Waals surface area contributed by atoms with E-state index in [1.807, 2.05) is 11.3 Å². The minimum absolute atomic E-state index is 0.179. The van der Waals surface area contributed by atoms with Crippen molar-refractivity contribution in [3.8, 4) is 0 Å². The van der Waals surface area contributed by atoms with Crippen LogP contribution in [0.15, 0.2) is 17.5 Å². The highest BCUT2D eigenvalue weighted by molar-refractivity contribution is 7.09. The van der Waals surface area contributed by atoms with E-state index in [0.717, 1.165) is 32.5 Å². The van der Waals surface area contributed by atoms with E-state index in [2.05, 4.69) is 43.2 Å². The summed E-state index contributed by atoms with van der Waals surface area (Å²) < 4.78 is 0. The van der Waals surface area contributed by atoms with Gasteiger partial charge in [-0.3, -0.25) is 4.90 Å². The van der Waals surface area contributed by atoms with E-state index in [4.69, 9.17) is 5.73 Å². The number of thiophene rings is 1. The first-order valence-corrected chi connectivity index (χ1v) is 7.07. The third-order valence-electron chi connectivity index (χ3n) is 3.68. The molecule has 16 heavy (non-hydrogen) atoms. The number of hydrogen-bond acceptors (Lipinski definition) is 3. The number of nitrogens with two attached hydrogens (primary N) is 1. The SMILES string of the molecule is CCN(Cc1cccs1)C(CC)(CC)CN. The minimum Gasteiger partial charge on any atom is -0.329 e. The van der Waals surface area contributed by atoms with Crippen molar-refractivity contribution in [1.82, 2.24) is 4.90 Å². The fourth-order valence-electron chi connectivity index (χ4n) is 2.32. The summed E-state index contributed by atoms with van der Waals surface area (Å²) in [5.41, 5.74) is 6.18. The van der Waals surface area contributed by atoms with Gasteiger partial charge in [0, 0.05) is 23.5 Å². The van der Waals surface area contributed by atoms with E-state index in [1.165, 1.54) is 4.88 Å². The second-order valence-electron chi connectivity index (χ2n) is 4.23. The Labute approximate surface area is 103 Å². The molecule has 0 aliphatic heterocycles. The molecule has 2 nitrogen and oxygen atoms in total. The zero-order valence-electron chi connectivity index (χ0n) is 10.7. The molecule has 0 atom stereocenters. The molecule has 0 aliphatic rings.